The minimum absolute atomic E-state index is 0.0229. The molecule has 0 aromatic heterocycles. The van der Waals surface area contributed by atoms with Crippen LogP contribution in [0.25, 0.3) is 0 Å². The summed E-state index contributed by atoms with van der Waals surface area (Å²) in [5, 5.41) is 3.11. The molecule has 1 aromatic rings. The van der Waals surface area contributed by atoms with Crippen LogP contribution in [0.15, 0.2) is 30.3 Å². The van der Waals surface area contributed by atoms with Crippen LogP contribution in [0, 0.1) is 0 Å². The number of carbonyl (C=O) groups excluding carboxylic acids is 3. The molecular weight excluding hydrogens is 478 g/mol. The zero-order valence-electron chi connectivity index (χ0n) is 21.7. The average Bonchev–Trinajstić information content (AvgIpc) is 2.92. The Labute approximate surface area is 218 Å². The van der Waals surface area contributed by atoms with Crippen molar-refractivity contribution >= 4 is 18.1 Å². The Kier molecular flexibility index (Phi) is 9.62. The number of ether oxygens (including phenoxy) is 4. The molecule has 1 aromatic carbocycles. The van der Waals surface area contributed by atoms with Crippen LogP contribution in [0.3, 0.4) is 0 Å². The van der Waals surface area contributed by atoms with Crippen molar-refractivity contribution in [2.75, 3.05) is 46.1 Å². The van der Waals surface area contributed by atoms with Crippen molar-refractivity contribution in [1.82, 2.24) is 15.1 Å². The highest BCUT2D eigenvalue weighted by molar-refractivity contribution is 5.79. The van der Waals surface area contributed by atoms with Crippen LogP contribution in [0.1, 0.15) is 51.0 Å². The van der Waals surface area contributed by atoms with Gasteiger partial charge in [-0.15, -0.1) is 0 Å². The summed E-state index contributed by atoms with van der Waals surface area (Å²) >= 11 is 0. The van der Waals surface area contributed by atoms with Crippen LogP contribution in [0.2, 0.25) is 0 Å². The zero-order chi connectivity index (χ0) is 26.1. The first-order valence-electron chi connectivity index (χ1n) is 13.4. The molecule has 3 aliphatic rings. The van der Waals surface area contributed by atoms with Crippen LogP contribution in [0.5, 0.6) is 0 Å². The fourth-order valence-electron chi connectivity index (χ4n) is 5.27. The smallest absolute Gasteiger partial charge is 0.410 e. The van der Waals surface area contributed by atoms with E-state index in [1.807, 2.05) is 37.3 Å². The highest BCUT2D eigenvalue weighted by atomic mass is 16.6. The molecule has 4 rings (SSSR count). The fraction of sp³-hybridized carbons (Fsp3) is 0.667. The maximum atomic E-state index is 13.0. The topological polar surface area (TPSA) is 107 Å². The van der Waals surface area contributed by atoms with Gasteiger partial charge in [-0.25, -0.2) is 9.59 Å². The molecule has 0 bridgehead atoms. The van der Waals surface area contributed by atoms with Crippen molar-refractivity contribution in [3.05, 3.63) is 35.9 Å². The molecule has 1 N–H and O–H groups in total. The van der Waals surface area contributed by atoms with Crippen molar-refractivity contribution in [1.29, 1.82) is 0 Å². The van der Waals surface area contributed by atoms with Crippen molar-refractivity contribution in [2.24, 2.45) is 0 Å². The van der Waals surface area contributed by atoms with E-state index in [1.54, 1.807) is 9.80 Å². The minimum Gasteiger partial charge on any atom is -0.449 e. The number of nitrogens with zero attached hydrogens (tertiary/aromatic N) is 2. The van der Waals surface area contributed by atoms with Gasteiger partial charge in [-0.3, -0.25) is 4.79 Å². The second-order valence-corrected chi connectivity index (χ2v) is 10.0. The Hall–Kier alpha value is -2.85. The van der Waals surface area contributed by atoms with Crippen LogP contribution >= 0.6 is 0 Å². The Morgan fingerprint density at radius 3 is 2.62 bits per heavy atom. The lowest BCUT2D eigenvalue weighted by atomic mass is 9.81. The molecular formula is C27H39N3O7. The van der Waals surface area contributed by atoms with Gasteiger partial charge in [0.25, 0.3) is 0 Å². The fourth-order valence-corrected chi connectivity index (χ4v) is 5.27. The summed E-state index contributed by atoms with van der Waals surface area (Å²) in [5.41, 5.74) is 0.256. The maximum Gasteiger partial charge on any atom is 0.410 e. The molecule has 3 amide bonds. The molecule has 37 heavy (non-hydrogen) atoms. The molecule has 3 heterocycles. The van der Waals surface area contributed by atoms with Crippen molar-refractivity contribution in [3.63, 3.8) is 0 Å². The molecule has 2 atom stereocenters. The van der Waals surface area contributed by atoms with Crippen molar-refractivity contribution < 1.29 is 33.3 Å². The van der Waals surface area contributed by atoms with Crippen LogP contribution < -0.4 is 5.32 Å². The Bertz CT molecular complexity index is 903. The Morgan fingerprint density at radius 2 is 1.89 bits per heavy atom. The van der Waals surface area contributed by atoms with E-state index in [0.29, 0.717) is 52.1 Å². The van der Waals surface area contributed by atoms with Gasteiger partial charge in [0.2, 0.25) is 5.91 Å². The summed E-state index contributed by atoms with van der Waals surface area (Å²) in [6.45, 7) is 4.90. The van der Waals surface area contributed by atoms with Crippen LogP contribution in [-0.2, 0) is 30.3 Å². The molecule has 0 unspecified atom stereocenters. The SMILES string of the molecule is CCCCOC(=O)N1CCC[C@@]2(COCC(=O)N2)[C@@H]1COC1CCN(C(=O)OCc2ccccc2)CC1. The average molecular weight is 518 g/mol. The highest BCUT2D eigenvalue weighted by Crippen LogP contribution is 2.32. The van der Waals surface area contributed by atoms with Gasteiger partial charge < -0.3 is 34.1 Å². The van der Waals surface area contributed by atoms with Gasteiger partial charge in [0.15, 0.2) is 0 Å². The van der Waals surface area contributed by atoms with Gasteiger partial charge in [0.1, 0.15) is 13.2 Å². The van der Waals surface area contributed by atoms with Crippen molar-refractivity contribution in [2.45, 2.75) is 69.7 Å². The van der Waals surface area contributed by atoms with Gasteiger partial charge >= 0.3 is 12.2 Å². The number of amides is 3. The lowest BCUT2D eigenvalue weighted by Crippen LogP contribution is -2.72. The highest BCUT2D eigenvalue weighted by Gasteiger charge is 2.50. The van der Waals surface area contributed by atoms with E-state index >= 15 is 0 Å². The zero-order valence-corrected chi connectivity index (χ0v) is 21.7. The summed E-state index contributed by atoms with van der Waals surface area (Å²) in [7, 11) is 0. The van der Waals surface area contributed by atoms with Crippen LogP contribution in [-0.4, -0.2) is 91.6 Å². The van der Waals surface area contributed by atoms with E-state index in [4.69, 9.17) is 18.9 Å². The van der Waals surface area contributed by atoms with E-state index in [2.05, 4.69) is 5.32 Å². The molecule has 0 aliphatic carbocycles. The molecule has 3 saturated heterocycles. The molecule has 10 heteroatoms. The molecule has 10 nitrogen and oxygen atoms in total. The number of morpholine rings is 1. The minimum atomic E-state index is -0.695. The number of carbonyl (C=O) groups is 3. The second-order valence-electron chi connectivity index (χ2n) is 10.0. The number of likely N-dealkylation sites (tertiary alicyclic amines) is 2. The maximum absolute atomic E-state index is 13.0. The summed E-state index contributed by atoms with van der Waals surface area (Å²) in [6.07, 6.45) is 3.77. The third kappa shape index (κ3) is 7.13. The molecule has 3 aliphatic heterocycles. The first-order chi connectivity index (χ1) is 18.0. The summed E-state index contributed by atoms with van der Waals surface area (Å²) < 4.78 is 22.9. The monoisotopic (exact) mass is 517 g/mol. The number of rotatable bonds is 8. The van der Waals surface area contributed by atoms with Crippen LogP contribution in [0.4, 0.5) is 9.59 Å². The second kappa shape index (κ2) is 13.1. The Morgan fingerprint density at radius 1 is 1.11 bits per heavy atom. The largest absolute Gasteiger partial charge is 0.449 e. The molecule has 0 saturated carbocycles. The van der Waals surface area contributed by atoms with Gasteiger partial charge in [-0.1, -0.05) is 43.7 Å². The molecule has 0 radical (unpaired) electrons. The van der Waals surface area contributed by atoms with E-state index in [9.17, 15) is 14.4 Å². The Balaban J connectivity index is 1.31. The van der Waals surface area contributed by atoms with E-state index in [-0.39, 0.29) is 44.0 Å². The summed E-state index contributed by atoms with van der Waals surface area (Å²) in [4.78, 5) is 41.1. The number of hydrogen-bond donors (Lipinski definition) is 1. The number of hydrogen-bond acceptors (Lipinski definition) is 7. The number of nitrogens with one attached hydrogen (secondary N) is 1. The standard InChI is InChI=1S/C27H39N3O7/c1-2-3-16-35-26(33)30-13-7-12-27(20-34-19-24(31)28-27)23(30)18-36-22-10-14-29(15-11-22)25(32)37-17-21-8-5-4-6-9-21/h4-6,8-9,22-23H,2-3,7,10-20H2,1H3,(H,28,31)/t23-,27+/m0/s1. The lowest BCUT2D eigenvalue weighted by molar-refractivity contribution is -0.144. The first-order valence-corrected chi connectivity index (χ1v) is 13.4. The number of benzene rings is 1. The predicted molar refractivity (Wildman–Crippen MR) is 135 cm³/mol. The van der Waals surface area contributed by atoms with Gasteiger partial charge in [0.05, 0.1) is 37.5 Å². The number of unbranched alkanes of at least 4 members (excludes halogenated alkanes) is 1. The number of piperidine rings is 2. The third-order valence-corrected chi connectivity index (χ3v) is 7.37. The van der Waals surface area contributed by atoms with E-state index in [1.165, 1.54) is 0 Å². The molecule has 204 valence electrons. The van der Waals surface area contributed by atoms with E-state index in [0.717, 1.165) is 24.8 Å². The quantitative estimate of drug-likeness (QED) is 0.528. The normalized spacial score (nSPS) is 24.6. The lowest BCUT2D eigenvalue weighted by Gasteiger charge is -2.51. The van der Waals surface area contributed by atoms with Gasteiger partial charge in [-0.05, 0) is 37.7 Å². The predicted octanol–water partition coefficient (Wildman–Crippen LogP) is 3.09. The van der Waals surface area contributed by atoms with Crippen molar-refractivity contribution in [3.8, 4) is 0 Å². The molecule has 1 spiro atoms. The van der Waals surface area contributed by atoms with E-state index < -0.39 is 11.6 Å². The summed E-state index contributed by atoms with van der Waals surface area (Å²) in [6, 6.07) is 9.21. The van der Waals surface area contributed by atoms with Gasteiger partial charge in [0, 0.05) is 19.6 Å². The van der Waals surface area contributed by atoms with Gasteiger partial charge in [-0.2, -0.15) is 0 Å². The molecule has 3 fully saturated rings. The third-order valence-electron chi connectivity index (χ3n) is 7.37. The first kappa shape index (κ1) is 27.2. The summed E-state index contributed by atoms with van der Waals surface area (Å²) in [5.74, 6) is -0.181.